The smallest absolute Gasteiger partial charge is 0.262 e. The molecule has 2 rings (SSSR count). The van der Waals surface area contributed by atoms with Crippen molar-refractivity contribution in [2.75, 3.05) is 4.72 Å². The van der Waals surface area contributed by atoms with E-state index in [1.54, 1.807) is 18.2 Å². The highest BCUT2D eigenvalue weighted by molar-refractivity contribution is 9.10. The Balaban J connectivity index is 2.33. The quantitative estimate of drug-likeness (QED) is 0.818. The number of hydrogen-bond acceptors (Lipinski definition) is 3. The van der Waals surface area contributed by atoms with E-state index < -0.39 is 10.0 Å². The van der Waals surface area contributed by atoms with Crippen LogP contribution in [0.5, 0.6) is 0 Å². The second-order valence-corrected chi connectivity index (χ2v) is 6.88. The van der Waals surface area contributed by atoms with Gasteiger partial charge in [-0.1, -0.05) is 23.2 Å². The number of pyridine rings is 1. The molecule has 19 heavy (non-hydrogen) atoms. The minimum Gasteiger partial charge on any atom is -0.280 e. The molecule has 1 aromatic heterocycles. The Morgan fingerprint density at radius 2 is 1.89 bits per heavy atom. The Bertz CT molecular complexity index is 722. The molecule has 100 valence electrons. The minimum atomic E-state index is -3.70. The molecule has 0 aliphatic rings. The van der Waals surface area contributed by atoms with Gasteiger partial charge in [-0.05, 0) is 46.3 Å². The van der Waals surface area contributed by atoms with Crippen LogP contribution >= 0.6 is 39.1 Å². The van der Waals surface area contributed by atoms with E-state index in [-0.39, 0.29) is 10.0 Å². The number of benzene rings is 1. The van der Waals surface area contributed by atoms with Gasteiger partial charge in [-0.25, -0.2) is 13.4 Å². The van der Waals surface area contributed by atoms with Gasteiger partial charge < -0.3 is 0 Å². The van der Waals surface area contributed by atoms with Crippen molar-refractivity contribution < 1.29 is 8.42 Å². The molecular formula is C11H7BrCl2N2O2S. The van der Waals surface area contributed by atoms with Gasteiger partial charge in [0.25, 0.3) is 10.0 Å². The molecule has 0 spiro atoms. The minimum absolute atomic E-state index is 0.0403. The maximum absolute atomic E-state index is 12.1. The summed E-state index contributed by atoms with van der Waals surface area (Å²) in [6.07, 6.45) is 1.33. The van der Waals surface area contributed by atoms with E-state index in [9.17, 15) is 8.42 Å². The highest BCUT2D eigenvalue weighted by atomic mass is 79.9. The third-order valence-corrected chi connectivity index (χ3v) is 4.98. The van der Waals surface area contributed by atoms with Gasteiger partial charge in [-0.2, -0.15) is 0 Å². The molecule has 0 saturated carbocycles. The number of rotatable bonds is 3. The summed E-state index contributed by atoms with van der Waals surface area (Å²) < 4.78 is 27.2. The SMILES string of the molecule is O=S(=O)(Nc1ccc(Cl)c(Br)c1)c1ccnc(Cl)c1. The Kier molecular flexibility index (Phi) is 4.35. The number of sulfonamides is 1. The predicted molar refractivity (Wildman–Crippen MR) is 79.2 cm³/mol. The van der Waals surface area contributed by atoms with Crippen molar-refractivity contribution in [2.45, 2.75) is 4.90 Å². The first-order valence-corrected chi connectivity index (χ1v) is 8.01. The summed E-state index contributed by atoms with van der Waals surface area (Å²) in [5, 5.41) is 0.607. The molecule has 8 heteroatoms. The lowest BCUT2D eigenvalue weighted by atomic mass is 10.3. The van der Waals surface area contributed by atoms with Crippen LogP contribution in [0.3, 0.4) is 0 Å². The Morgan fingerprint density at radius 1 is 1.16 bits per heavy atom. The van der Waals surface area contributed by atoms with Crippen molar-refractivity contribution >= 4 is 54.8 Å². The van der Waals surface area contributed by atoms with E-state index in [1.165, 1.54) is 18.3 Å². The van der Waals surface area contributed by atoms with E-state index in [0.29, 0.717) is 15.2 Å². The number of nitrogens with zero attached hydrogens (tertiary/aromatic N) is 1. The molecular weight excluding hydrogens is 375 g/mol. The molecule has 0 saturated heterocycles. The van der Waals surface area contributed by atoms with Crippen molar-refractivity contribution in [1.82, 2.24) is 4.98 Å². The third-order valence-electron chi connectivity index (χ3n) is 2.18. The second-order valence-electron chi connectivity index (χ2n) is 3.55. The van der Waals surface area contributed by atoms with Gasteiger partial charge in [0, 0.05) is 10.7 Å². The van der Waals surface area contributed by atoms with Gasteiger partial charge in [-0.3, -0.25) is 4.72 Å². The zero-order chi connectivity index (χ0) is 14.0. The molecule has 2 aromatic rings. The molecule has 0 aliphatic carbocycles. The highest BCUT2D eigenvalue weighted by Gasteiger charge is 2.15. The number of aromatic nitrogens is 1. The van der Waals surface area contributed by atoms with E-state index in [1.807, 2.05) is 0 Å². The van der Waals surface area contributed by atoms with Crippen LogP contribution in [-0.2, 0) is 10.0 Å². The molecule has 0 radical (unpaired) electrons. The van der Waals surface area contributed by atoms with Crippen molar-refractivity contribution in [3.8, 4) is 0 Å². The molecule has 1 heterocycles. The van der Waals surface area contributed by atoms with Gasteiger partial charge in [0.2, 0.25) is 0 Å². The summed E-state index contributed by atoms with van der Waals surface area (Å²) in [6.45, 7) is 0. The summed E-state index contributed by atoms with van der Waals surface area (Å²) in [5.41, 5.74) is 0.393. The predicted octanol–water partition coefficient (Wildman–Crippen LogP) is 3.95. The monoisotopic (exact) mass is 380 g/mol. The van der Waals surface area contributed by atoms with Crippen molar-refractivity contribution in [3.63, 3.8) is 0 Å². The Morgan fingerprint density at radius 3 is 2.53 bits per heavy atom. The largest absolute Gasteiger partial charge is 0.280 e. The van der Waals surface area contributed by atoms with Crippen molar-refractivity contribution in [1.29, 1.82) is 0 Å². The molecule has 1 N–H and O–H groups in total. The maximum atomic E-state index is 12.1. The highest BCUT2D eigenvalue weighted by Crippen LogP contribution is 2.27. The lowest BCUT2D eigenvalue weighted by Gasteiger charge is -2.09. The molecule has 0 amide bonds. The van der Waals surface area contributed by atoms with Crippen molar-refractivity contribution in [3.05, 3.63) is 51.2 Å². The number of anilines is 1. The average molecular weight is 382 g/mol. The van der Waals surface area contributed by atoms with Crippen LogP contribution in [0, 0.1) is 0 Å². The van der Waals surface area contributed by atoms with Gasteiger partial charge in [-0.15, -0.1) is 0 Å². The standard InChI is InChI=1S/C11H7BrCl2N2O2S/c12-9-5-7(1-2-10(9)13)16-19(17,18)8-3-4-15-11(14)6-8/h1-6,16H. The van der Waals surface area contributed by atoms with Crippen LogP contribution in [0.2, 0.25) is 10.2 Å². The number of hydrogen-bond donors (Lipinski definition) is 1. The lowest BCUT2D eigenvalue weighted by Crippen LogP contribution is -2.13. The zero-order valence-corrected chi connectivity index (χ0v) is 13.2. The van der Waals surface area contributed by atoms with Crippen LogP contribution in [0.15, 0.2) is 45.9 Å². The first kappa shape index (κ1) is 14.6. The summed E-state index contributed by atoms with van der Waals surface area (Å²) >= 11 is 14.7. The zero-order valence-electron chi connectivity index (χ0n) is 9.27. The molecule has 0 unspecified atom stereocenters. The van der Waals surface area contributed by atoms with Crippen LogP contribution in [0.25, 0.3) is 0 Å². The molecule has 0 fully saturated rings. The second kappa shape index (κ2) is 5.66. The fourth-order valence-corrected chi connectivity index (χ4v) is 3.12. The molecule has 0 aliphatic heterocycles. The third kappa shape index (κ3) is 3.60. The number of nitrogens with one attached hydrogen (secondary N) is 1. The lowest BCUT2D eigenvalue weighted by molar-refractivity contribution is 0.601. The molecule has 0 atom stereocenters. The van der Waals surface area contributed by atoms with E-state index in [4.69, 9.17) is 23.2 Å². The van der Waals surface area contributed by atoms with E-state index in [0.717, 1.165) is 0 Å². The van der Waals surface area contributed by atoms with Gasteiger partial charge in [0.1, 0.15) is 5.15 Å². The van der Waals surface area contributed by atoms with Crippen LogP contribution in [0.1, 0.15) is 0 Å². The first-order valence-electron chi connectivity index (χ1n) is 4.98. The fraction of sp³-hybridized carbons (Fsp3) is 0. The average Bonchev–Trinajstić information content (AvgIpc) is 2.33. The molecule has 4 nitrogen and oxygen atoms in total. The Labute approximate surface area is 128 Å². The fourth-order valence-electron chi connectivity index (χ4n) is 1.33. The molecule has 0 bridgehead atoms. The van der Waals surface area contributed by atoms with Crippen molar-refractivity contribution in [2.24, 2.45) is 0 Å². The summed E-state index contributed by atoms with van der Waals surface area (Å²) in [4.78, 5) is 3.77. The van der Waals surface area contributed by atoms with Gasteiger partial charge >= 0.3 is 0 Å². The maximum Gasteiger partial charge on any atom is 0.262 e. The topological polar surface area (TPSA) is 59.1 Å². The Hall–Kier alpha value is -0.820. The van der Waals surface area contributed by atoms with Crippen LogP contribution in [0.4, 0.5) is 5.69 Å². The van der Waals surface area contributed by atoms with Crippen LogP contribution < -0.4 is 4.72 Å². The van der Waals surface area contributed by atoms with E-state index >= 15 is 0 Å². The van der Waals surface area contributed by atoms with Gasteiger partial charge in [0.15, 0.2) is 0 Å². The van der Waals surface area contributed by atoms with Gasteiger partial charge in [0.05, 0.1) is 15.6 Å². The first-order chi connectivity index (χ1) is 8.88. The summed E-state index contributed by atoms with van der Waals surface area (Å²) in [6, 6.07) is 7.35. The number of halogens is 3. The van der Waals surface area contributed by atoms with Crippen LogP contribution in [-0.4, -0.2) is 13.4 Å². The summed E-state index contributed by atoms with van der Waals surface area (Å²) in [5.74, 6) is 0. The normalized spacial score (nSPS) is 11.3. The summed E-state index contributed by atoms with van der Waals surface area (Å²) in [7, 11) is -3.70. The van der Waals surface area contributed by atoms with E-state index in [2.05, 4.69) is 25.6 Å². The molecule has 1 aromatic carbocycles.